The van der Waals surface area contributed by atoms with Gasteiger partial charge in [-0.2, -0.15) is 4.98 Å². The van der Waals surface area contributed by atoms with Gasteiger partial charge in [0.1, 0.15) is 0 Å². The van der Waals surface area contributed by atoms with Gasteiger partial charge in [0.15, 0.2) is 5.13 Å². The zero-order valence-corrected chi connectivity index (χ0v) is 10.7. The maximum Gasteiger partial charge on any atom is 0.281 e. The second-order valence-corrected chi connectivity index (χ2v) is 4.98. The molecule has 1 aromatic heterocycles. The fraction of sp³-hybridized carbons (Fsp3) is 0.385. The average molecular weight is 248 g/mol. The van der Waals surface area contributed by atoms with Crippen molar-refractivity contribution in [3.05, 3.63) is 34.6 Å². The lowest BCUT2D eigenvalue weighted by Gasteiger charge is -2.04. The van der Waals surface area contributed by atoms with E-state index in [0.29, 0.717) is 5.39 Å². The summed E-state index contributed by atoms with van der Waals surface area (Å²) in [5, 5.41) is 4.65. The van der Waals surface area contributed by atoms with Crippen molar-refractivity contribution in [1.29, 1.82) is 0 Å². The monoisotopic (exact) mass is 248 g/mol. The van der Waals surface area contributed by atoms with Crippen LogP contribution in [0, 0.1) is 0 Å². The molecule has 2 rings (SSSR count). The number of benzene rings is 1. The van der Waals surface area contributed by atoms with E-state index in [-0.39, 0.29) is 5.56 Å². The number of anilines is 1. The molecule has 0 saturated carbocycles. The molecule has 0 bridgehead atoms. The van der Waals surface area contributed by atoms with E-state index in [4.69, 9.17) is 0 Å². The Labute approximate surface area is 105 Å². The van der Waals surface area contributed by atoms with Crippen LogP contribution in [0.5, 0.6) is 0 Å². The highest BCUT2D eigenvalue weighted by Gasteiger charge is 2.02. The summed E-state index contributed by atoms with van der Waals surface area (Å²) in [6, 6.07) is 7.59. The van der Waals surface area contributed by atoms with Gasteiger partial charge in [0.2, 0.25) is 0 Å². The summed E-state index contributed by atoms with van der Waals surface area (Å²) in [7, 11) is 0. The Morgan fingerprint density at radius 3 is 2.94 bits per heavy atom. The van der Waals surface area contributed by atoms with Crippen LogP contribution >= 0.6 is 11.3 Å². The Bertz CT molecular complexity index is 550. The van der Waals surface area contributed by atoms with Gasteiger partial charge in [-0.1, -0.05) is 43.2 Å². The van der Waals surface area contributed by atoms with Crippen LogP contribution in [0.3, 0.4) is 0 Å². The number of nitrogens with one attached hydrogen (secondary N) is 1. The van der Waals surface area contributed by atoms with Crippen LogP contribution in [-0.2, 0) is 0 Å². The molecular formula is C13H16N2OS. The molecule has 0 aliphatic heterocycles. The SMILES string of the molecule is CCCCCNc1nc(=O)c2ccccc2s1. The van der Waals surface area contributed by atoms with Crippen molar-refractivity contribution in [3.63, 3.8) is 0 Å². The number of nitrogens with zero attached hydrogens (tertiary/aromatic N) is 1. The van der Waals surface area contributed by atoms with E-state index in [0.717, 1.165) is 22.8 Å². The second kappa shape index (κ2) is 5.77. The highest BCUT2D eigenvalue weighted by atomic mass is 32.1. The van der Waals surface area contributed by atoms with Crippen LogP contribution in [0.25, 0.3) is 10.1 Å². The zero-order valence-electron chi connectivity index (χ0n) is 9.90. The molecule has 1 N–H and O–H groups in total. The Morgan fingerprint density at radius 1 is 1.29 bits per heavy atom. The first-order valence-electron chi connectivity index (χ1n) is 5.95. The predicted octanol–water partition coefficient (Wildman–Crippen LogP) is 3.26. The Morgan fingerprint density at radius 2 is 2.12 bits per heavy atom. The van der Waals surface area contributed by atoms with Crippen LogP contribution in [0.2, 0.25) is 0 Å². The fourth-order valence-electron chi connectivity index (χ4n) is 1.66. The molecule has 0 spiro atoms. The van der Waals surface area contributed by atoms with E-state index in [9.17, 15) is 4.79 Å². The minimum atomic E-state index is -0.141. The number of hydrogen-bond acceptors (Lipinski definition) is 4. The first-order chi connectivity index (χ1) is 8.31. The van der Waals surface area contributed by atoms with Gasteiger partial charge in [0, 0.05) is 11.2 Å². The van der Waals surface area contributed by atoms with Gasteiger partial charge in [-0.3, -0.25) is 4.79 Å². The Balaban J connectivity index is 2.16. The molecule has 0 radical (unpaired) electrons. The minimum Gasteiger partial charge on any atom is -0.361 e. The van der Waals surface area contributed by atoms with Crippen molar-refractivity contribution in [3.8, 4) is 0 Å². The molecule has 0 amide bonds. The molecule has 0 aliphatic carbocycles. The molecule has 2 aromatic rings. The highest BCUT2D eigenvalue weighted by Crippen LogP contribution is 2.20. The van der Waals surface area contributed by atoms with Crippen molar-refractivity contribution < 1.29 is 0 Å². The molecule has 0 unspecified atom stereocenters. The topological polar surface area (TPSA) is 42.0 Å². The normalized spacial score (nSPS) is 10.6. The van der Waals surface area contributed by atoms with E-state index in [1.807, 2.05) is 24.3 Å². The van der Waals surface area contributed by atoms with Gasteiger partial charge in [-0.25, -0.2) is 0 Å². The van der Waals surface area contributed by atoms with E-state index >= 15 is 0 Å². The van der Waals surface area contributed by atoms with E-state index in [1.54, 1.807) is 0 Å². The first kappa shape index (κ1) is 12.0. The lowest BCUT2D eigenvalue weighted by atomic mass is 10.2. The molecule has 90 valence electrons. The maximum absolute atomic E-state index is 11.7. The quantitative estimate of drug-likeness (QED) is 0.826. The molecule has 1 aromatic carbocycles. The van der Waals surface area contributed by atoms with E-state index < -0.39 is 0 Å². The molecule has 3 nitrogen and oxygen atoms in total. The molecule has 0 fully saturated rings. The maximum atomic E-state index is 11.7. The molecule has 0 saturated heterocycles. The molecule has 4 heteroatoms. The zero-order chi connectivity index (χ0) is 12.1. The van der Waals surface area contributed by atoms with Crippen LogP contribution in [0.4, 0.5) is 5.13 Å². The Kier molecular flexibility index (Phi) is 4.09. The molecule has 0 atom stereocenters. The lowest BCUT2D eigenvalue weighted by Crippen LogP contribution is -2.10. The Hall–Kier alpha value is -1.42. The lowest BCUT2D eigenvalue weighted by molar-refractivity contribution is 0.743. The molecular weight excluding hydrogens is 232 g/mol. The van der Waals surface area contributed by atoms with Gasteiger partial charge in [0.25, 0.3) is 5.56 Å². The number of aromatic nitrogens is 1. The molecule has 17 heavy (non-hydrogen) atoms. The predicted molar refractivity (Wildman–Crippen MR) is 73.9 cm³/mol. The van der Waals surface area contributed by atoms with Crippen LogP contribution in [-0.4, -0.2) is 11.5 Å². The highest BCUT2D eigenvalue weighted by molar-refractivity contribution is 7.21. The van der Waals surface area contributed by atoms with Crippen LogP contribution in [0.1, 0.15) is 26.2 Å². The summed E-state index contributed by atoms with van der Waals surface area (Å²) < 4.78 is 0.991. The molecule has 0 aliphatic rings. The van der Waals surface area contributed by atoms with E-state index in [1.165, 1.54) is 24.2 Å². The third kappa shape index (κ3) is 3.03. The van der Waals surface area contributed by atoms with Gasteiger partial charge in [0.05, 0.1) is 5.39 Å². The summed E-state index contributed by atoms with van der Waals surface area (Å²) in [5.74, 6) is 0. The third-order valence-electron chi connectivity index (χ3n) is 2.58. The number of rotatable bonds is 5. The number of hydrogen-bond donors (Lipinski definition) is 1. The molecule has 1 heterocycles. The summed E-state index contributed by atoms with van der Waals surface area (Å²) in [4.78, 5) is 15.8. The summed E-state index contributed by atoms with van der Waals surface area (Å²) in [5.41, 5.74) is -0.141. The standard InChI is InChI=1S/C13H16N2OS/c1-2-3-6-9-14-13-15-12(16)10-7-4-5-8-11(10)17-13/h4-5,7-8H,2-3,6,9H2,1H3,(H,14,15,16). The van der Waals surface area contributed by atoms with Crippen molar-refractivity contribution in [2.45, 2.75) is 26.2 Å². The third-order valence-corrected chi connectivity index (χ3v) is 3.59. The first-order valence-corrected chi connectivity index (χ1v) is 6.76. The van der Waals surface area contributed by atoms with Gasteiger partial charge in [-0.05, 0) is 18.6 Å². The number of unbranched alkanes of at least 4 members (excludes halogenated alkanes) is 2. The fourth-order valence-corrected chi connectivity index (χ4v) is 2.58. The second-order valence-electron chi connectivity index (χ2n) is 3.95. The van der Waals surface area contributed by atoms with Crippen molar-refractivity contribution in [2.24, 2.45) is 0 Å². The van der Waals surface area contributed by atoms with Crippen molar-refractivity contribution in [2.75, 3.05) is 11.9 Å². The largest absolute Gasteiger partial charge is 0.361 e. The van der Waals surface area contributed by atoms with Gasteiger partial charge < -0.3 is 5.32 Å². The number of fused-ring (bicyclic) bond motifs is 1. The average Bonchev–Trinajstić information content (AvgIpc) is 2.35. The minimum absolute atomic E-state index is 0.141. The van der Waals surface area contributed by atoms with Gasteiger partial charge >= 0.3 is 0 Å². The summed E-state index contributed by atoms with van der Waals surface area (Å²) >= 11 is 1.54. The van der Waals surface area contributed by atoms with Crippen LogP contribution in [0.15, 0.2) is 29.1 Å². The van der Waals surface area contributed by atoms with Crippen molar-refractivity contribution in [1.82, 2.24) is 4.98 Å². The van der Waals surface area contributed by atoms with Crippen LogP contribution < -0.4 is 10.9 Å². The van der Waals surface area contributed by atoms with Gasteiger partial charge in [-0.15, -0.1) is 0 Å². The summed E-state index contributed by atoms with van der Waals surface area (Å²) in [6.07, 6.45) is 3.52. The van der Waals surface area contributed by atoms with E-state index in [2.05, 4.69) is 17.2 Å². The summed E-state index contributed by atoms with van der Waals surface area (Å²) in [6.45, 7) is 3.06. The van der Waals surface area contributed by atoms with Crippen molar-refractivity contribution >= 4 is 26.6 Å². The smallest absolute Gasteiger partial charge is 0.281 e.